The number of carbonyl (C=O) groups excluding carboxylic acids is 1. The molecule has 1 heterocycles. The minimum atomic E-state index is -0.130. The number of carbonyl (C=O) groups is 1. The highest BCUT2D eigenvalue weighted by atomic mass is 35.5. The lowest BCUT2D eigenvalue weighted by Gasteiger charge is -2.24. The van der Waals surface area contributed by atoms with Crippen molar-refractivity contribution < 1.29 is 4.79 Å². The van der Waals surface area contributed by atoms with Crippen molar-refractivity contribution in [3.8, 4) is 0 Å². The summed E-state index contributed by atoms with van der Waals surface area (Å²) in [6.45, 7) is 2.03. The number of thioether (sulfide) groups is 1. The summed E-state index contributed by atoms with van der Waals surface area (Å²) in [7, 11) is 0. The van der Waals surface area contributed by atoms with Gasteiger partial charge in [-0.1, -0.05) is 72.3 Å². The molecule has 1 saturated heterocycles. The Morgan fingerprint density at radius 2 is 1.55 bits per heavy atom. The van der Waals surface area contributed by atoms with Crippen molar-refractivity contribution in [1.29, 1.82) is 0 Å². The molecule has 0 aromatic heterocycles. The van der Waals surface area contributed by atoms with Crippen LogP contribution in [-0.4, -0.2) is 16.0 Å². The number of hydrogen-bond donors (Lipinski definition) is 0. The third-order valence-electron chi connectivity index (χ3n) is 4.65. The molecule has 1 aliphatic heterocycles. The molecule has 0 radical (unpaired) electrons. The Bertz CT molecular complexity index is 1060. The molecule has 1 fully saturated rings. The molecule has 1 aliphatic rings. The molecular weight excluding hydrogens is 400 g/mol. The van der Waals surface area contributed by atoms with Gasteiger partial charge in [0.1, 0.15) is 0 Å². The lowest BCUT2D eigenvalue weighted by Crippen LogP contribution is -2.32. The second-order valence-corrected chi connectivity index (χ2v) is 8.10. The first kappa shape index (κ1) is 19.5. The summed E-state index contributed by atoms with van der Waals surface area (Å²) in [6, 6.07) is 27.0. The van der Waals surface area contributed by atoms with Gasteiger partial charge in [-0.15, -0.1) is 0 Å². The maximum Gasteiger partial charge on any atom is 0.267 e. The van der Waals surface area contributed by atoms with E-state index in [0.717, 1.165) is 16.8 Å². The van der Waals surface area contributed by atoms with Crippen molar-refractivity contribution in [2.75, 3.05) is 0 Å². The van der Waals surface area contributed by atoms with Crippen molar-refractivity contribution in [3.05, 3.63) is 106 Å². The highest BCUT2D eigenvalue weighted by Gasteiger charge is 2.37. The molecule has 3 aromatic rings. The van der Waals surface area contributed by atoms with Gasteiger partial charge in [-0.3, -0.25) is 9.69 Å². The highest BCUT2D eigenvalue weighted by molar-refractivity contribution is 8.18. The van der Waals surface area contributed by atoms with Gasteiger partial charge in [-0.2, -0.15) is 0 Å². The van der Waals surface area contributed by atoms with Gasteiger partial charge in [0.2, 0.25) is 0 Å². The molecule has 0 spiro atoms. The molecule has 5 heteroatoms. The van der Waals surface area contributed by atoms with E-state index in [1.807, 2.05) is 97.9 Å². The van der Waals surface area contributed by atoms with Crippen LogP contribution in [0.3, 0.4) is 0 Å². The van der Waals surface area contributed by atoms with Gasteiger partial charge in [0.15, 0.2) is 5.17 Å². The van der Waals surface area contributed by atoms with Crippen LogP contribution in [0.4, 0.5) is 5.69 Å². The first-order chi connectivity index (χ1) is 14.1. The molecule has 3 nitrogen and oxygen atoms in total. The number of benzene rings is 3. The van der Waals surface area contributed by atoms with Gasteiger partial charge in [0, 0.05) is 5.02 Å². The van der Waals surface area contributed by atoms with Crippen molar-refractivity contribution in [3.63, 3.8) is 0 Å². The van der Waals surface area contributed by atoms with E-state index in [9.17, 15) is 4.79 Å². The number of amides is 1. The molecule has 4 rings (SSSR count). The predicted molar refractivity (Wildman–Crippen MR) is 122 cm³/mol. The monoisotopic (exact) mass is 418 g/mol. The molecule has 144 valence electrons. The third kappa shape index (κ3) is 4.44. The maximum absolute atomic E-state index is 13.3. The largest absolute Gasteiger partial charge is 0.279 e. The molecule has 29 heavy (non-hydrogen) atoms. The average Bonchev–Trinajstić information content (AvgIpc) is 3.05. The van der Waals surface area contributed by atoms with Crippen LogP contribution in [0.2, 0.25) is 5.02 Å². The fraction of sp³-hybridized carbons (Fsp3) is 0.0833. The number of para-hydroxylation sites is 1. The van der Waals surface area contributed by atoms with Crippen LogP contribution in [0.15, 0.2) is 94.8 Å². The summed E-state index contributed by atoms with van der Waals surface area (Å²) >= 11 is 7.38. The Balaban J connectivity index is 1.74. The minimum Gasteiger partial charge on any atom is -0.279 e. The van der Waals surface area contributed by atoms with E-state index >= 15 is 0 Å². The number of aliphatic imine (C=N–C) groups is 1. The summed E-state index contributed by atoms with van der Waals surface area (Å²) in [5, 5.41) is 1.35. The Labute approximate surface area is 179 Å². The number of nitrogens with zero attached hydrogens (tertiary/aromatic N) is 2. The van der Waals surface area contributed by atoms with E-state index < -0.39 is 0 Å². The molecule has 0 aliphatic carbocycles. The van der Waals surface area contributed by atoms with Gasteiger partial charge < -0.3 is 0 Å². The summed E-state index contributed by atoms with van der Waals surface area (Å²) in [5.74, 6) is -0.0454. The lowest BCUT2D eigenvalue weighted by molar-refractivity contribution is -0.123. The van der Waals surface area contributed by atoms with Gasteiger partial charge in [0.05, 0.1) is 16.6 Å². The Kier molecular flexibility index (Phi) is 5.84. The van der Waals surface area contributed by atoms with Crippen LogP contribution >= 0.6 is 23.4 Å². The van der Waals surface area contributed by atoms with Gasteiger partial charge in [0.25, 0.3) is 5.91 Å². The standard InChI is InChI=1S/C24H19ClN2OS/c1-17(19-8-4-2-5-9-19)27-23(28)22(16-18-12-14-20(25)15-13-18)29-24(27)26-21-10-6-3-7-11-21/h2-17H,1H3/b22-16+,26-24?/t17-/m0/s1. The van der Waals surface area contributed by atoms with Crippen molar-refractivity contribution in [2.45, 2.75) is 13.0 Å². The highest BCUT2D eigenvalue weighted by Crippen LogP contribution is 2.39. The summed E-state index contributed by atoms with van der Waals surface area (Å²) in [4.78, 5) is 20.5. The van der Waals surface area contributed by atoms with Crippen molar-refractivity contribution >= 4 is 46.2 Å². The average molecular weight is 419 g/mol. The first-order valence-corrected chi connectivity index (χ1v) is 10.5. The molecule has 0 bridgehead atoms. The summed E-state index contributed by atoms with van der Waals surface area (Å²) in [5.41, 5.74) is 2.81. The minimum absolute atomic E-state index is 0.0454. The Morgan fingerprint density at radius 1 is 0.931 bits per heavy atom. The molecule has 1 amide bonds. The smallest absolute Gasteiger partial charge is 0.267 e. The van der Waals surface area contributed by atoms with Crippen LogP contribution in [0.1, 0.15) is 24.1 Å². The van der Waals surface area contributed by atoms with Gasteiger partial charge in [-0.25, -0.2) is 4.99 Å². The zero-order chi connectivity index (χ0) is 20.2. The van der Waals surface area contributed by atoms with Crippen LogP contribution in [-0.2, 0) is 4.79 Å². The van der Waals surface area contributed by atoms with E-state index in [-0.39, 0.29) is 11.9 Å². The molecular formula is C24H19ClN2OS. The maximum atomic E-state index is 13.3. The van der Waals surface area contributed by atoms with Crippen LogP contribution in [0.5, 0.6) is 0 Å². The van der Waals surface area contributed by atoms with Crippen molar-refractivity contribution in [1.82, 2.24) is 4.90 Å². The fourth-order valence-electron chi connectivity index (χ4n) is 3.11. The normalized spacial score (nSPS) is 17.9. The van der Waals surface area contributed by atoms with E-state index in [1.54, 1.807) is 4.90 Å². The molecule has 0 N–H and O–H groups in total. The molecule has 0 unspecified atom stereocenters. The lowest BCUT2D eigenvalue weighted by atomic mass is 10.1. The zero-order valence-electron chi connectivity index (χ0n) is 15.8. The first-order valence-electron chi connectivity index (χ1n) is 9.29. The van der Waals surface area contributed by atoms with Gasteiger partial charge in [-0.05, 0) is 60.2 Å². The Hall–Kier alpha value is -2.82. The fourth-order valence-corrected chi connectivity index (χ4v) is 4.30. The van der Waals surface area contributed by atoms with E-state index in [0.29, 0.717) is 15.1 Å². The number of hydrogen-bond acceptors (Lipinski definition) is 3. The topological polar surface area (TPSA) is 32.7 Å². The van der Waals surface area contributed by atoms with E-state index in [1.165, 1.54) is 11.8 Å². The summed E-state index contributed by atoms with van der Waals surface area (Å²) in [6.07, 6.45) is 1.89. The number of halogens is 1. The Morgan fingerprint density at radius 3 is 2.21 bits per heavy atom. The van der Waals surface area contributed by atoms with Crippen LogP contribution in [0, 0.1) is 0 Å². The predicted octanol–water partition coefficient (Wildman–Crippen LogP) is 6.71. The zero-order valence-corrected chi connectivity index (χ0v) is 17.4. The van der Waals surface area contributed by atoms with Crippen LogP contribution in [0.25, 0.3) is 6.08 Å². The summed E-state index contributed by atoms with van der Waals surface area (Å²) < 4.78 is 0. The number of amidine groups is 1. The van der Waals surface area contributed by atoms with Crippen molar-refractivity contribution in [2.24, 2.45) is 4.99 Å². The van der Waals surface area contributed by atoms with E-state index in [2.05, 4.69) is 0 Å². The van der Waals surface area contributed by atoms with E-state index in [4.69, 9.17) is 16.6 Å². The molecule has 1 atom stereocenters. The third-order valence-corrected chi connectivity index (χ3v) is 5.89. The molecule has 0 saturated carbocycles. The number of rotatable bonds is 4. The van der Waals surface area contributed by atoms with Gasteiger partial charge >= 0.3 is 0 Å². The second-order valence-electron chi connectivity index (χ2n) is 6.65. The molecule has 3 aromatic carbocycles. The quantitative estimate of drug-likeness (QED) is 0.441. The van der Waals surface area contributed by atoms with Crippen LogP contribution < -0.4 is 0 Å². The SMILES string of the molecule is C[C@@H](c1ccccc1)N1C(=O)/C(=C\c2ccc(Cl)cc2)SC1=Nc1ccccc1. The second kappa shape index (κ2) is 8.68.